The van der Waals surface area contributed by atoms with Gasteiger partial charge < -0.3 is 15.0 Å². The number of benzene rings is 2. The Kier molecular flexibility index (Phi) is 4.46. The lowest BCUT2D eigenvalue weighted by Crippen LogP contribution is -2.27. The van der Waals surface area contributed by atoms with E-state index in [2.05, 4.69) is 10.3 Å². The highest BCUT2D eigenvalue weighted by Gasteiger charge is 2.12. The summed E-state index contributed by atoms with van der Waals surface area (Å²) in [4.78, 5) is 16.4. The number of nitrogens with one attached hydrogen (secondary N) is 1. The number of carbonyl (C=O) groups is 1. The molecule has 0 spiro atoms. The molecule has 3 rings (SSSR count). The van der Waals surface area contributed by atoms with E-state index in [-0.39, 0.29) is 11.9 Å². The van der Waals surface area contributed by atoms with E-state index in [1.807, 2.05) is 28.8 Å². The highest BCUT2D eigenvalue weighted by Crippen LogP contribution is 2.20. The Morgan fingerprint density at radius 2 is 2.12 bits per heavy atom. The van der Waals surface area contributed by atoms with E-state index in [9.17, 15) is 14.3 Å². The largest absolute Gasteiger partial charge is 0.505 e. The number of amides is 1. The number of hydrogen-bond donors (Lipinski definition) is 2. The van der Waals surface area contributed by atoms with Crippen molar-refractivity contribution in [3.63, 3.8) is 0 Å². The van der Waals surface area contributed by atoms with Crippen LogP contribution >= 0.6 is 0 Å². The maximum Gasteiger partial charge on any atom is 0.222 e. The molecule has 0 radical (unpaired) electrons. The van der Waals surface area contributed by atoms with Crippen LogP contribution in [-0.4, -0.2) is 20.6 Å². The average molecular weight is 327 g/mol. The van der Waals surface area contributed by atoms with Gasteiger partial charge in [0.1, 0.15) is 0 Å². The van der Waals surface area contributed by atoms with Crippen molar-refractivity contribution in [3.05, 3.63) is 60.2 Å². The third-order valence-electron chi connectivity index (χ3n) is 3.96. The first-order chi connectivity index (χ1) is 11.5. The third kappa shape index (κ3) is 3.37. The number of phenols is 1. The van der Waals surface area contributed by atoms with Gasteiger partial charge in [-0.2, -0.15) is 0 Å². The molecule has 1 heterocycles. The Hall–Kier alpha value is -2.89. The summed E-state index contributed by atoms with van der Waals surface area (Å²) in [5.41, 5.74) is 2.48. The van der Waals surface area contributed by atoms with E-state index >= 15 is 0 Å². The first-order valence-corrected chi connectivity index (χ1v) is 7.72. The lowest BCUT2D eigenvalue weighted by molar-refractivity contribution is -0.121. The van der Waals surface area contributed by atoms with Gasteiger partial charge in [-0.25, -0.2) is 9.37 Å². The molecule has 0 fully saturated rings. The number of para-hydroxylation sites is 2. The van der Waals surface area contributed by atoms with E-state index in [4.69, 9.17) is 0 Å². The van der Waals surface area contributed by atoms with Crippen LogP contribution in [0.1, 0.15) is 24.9 Å². The number of fused-ring (bicyclic) bond motifs is 1. The van der Waals surface area contributed by atoms with Gasteiger partial charge in [-0.05, 0) is 36.8 Å². The molecule has 5 nitrogen and oxygen atoms in total. The number of hydrogen-bond acceptors (Lipinski definition) is 3. The number of rotatable bonds is 5. The fourth-order valence-electron chi connectivity index (χ4n) is 2.60. The van der Waals surface area contributed by atoms with E-state index in [0.717, 1.165) is 11.0 Å². The van der Waals surface area contributed by atoms with Crippen LogP contribution in [0.3, 0.4) is 0 Å². The third-order valence-corrected chi connectivity index (χ3v) is 3.96. The SMILES string of the molecule is C[C@@H](NC(=O)CCn1cnc2ccccc21)c1ccc(O)c(F)c1. The Morgan fingerprint density at radius 3 is 2.92 bits per heavy atom. The number of aromatic nitrogens is 2. The van der Waals surface area contributed by atoms with Crippen LogP contribution < -0.4 is 5.32 Å². The molecule has 6 heteroatoms. The molecule has 0 saturated carbocycles. The van der Waals surface area contributed by atoms with Gasteiger partial charge in [-0.3, -0.25) is 4.79 Å². The maximum atomic E-state index is 13.4. The number of aryl methyl sites for hydroxylation is 1. The minimum atomic E-state index is -0.696. The van der Waals surface area contributed by atoms with Crippen molar-refractivity contribution in [1.82, 2.24) is 14.9 Å². The molecule has 1 atom stereocenters. The van der Waals surface area contributed by atoms with E-state index < -0.39 is 11.6 Å². The molecule has 2 aromatic carbocycles. The summed E-state index contributed by atoms with van der Waals surface area (Å²) in [6.07, 6.45) is 2.02. The minimum Gasteiger partial charge on any atom is -0.505 e. The number of aromatic hydroxyl groups is 1. The van der Waals surface area contributed by atoms with Crippen LogP contribution in [0.5, 0.6) is 5.75 Å². The van der Waals surface area contributed by atoms with Gasteiger partial charge in [0.05, 0.1) is 23.4 Å². The van der Waals surface area contributed by atoms with E-state index in [0.29, 0.717) is 18.5 Å². The number of phenolic OH excluding ortho intramolecular Hbond substituents is 1. The second kappa shape index (κ2) is 6.70. The molecule has 0 aliphatic rings. The smallest absolute Gasteiger partial charge is 0.222 e. The lowest BCUT2D eigenvalue weighted by atomic mass is 10.1. The second-order valence-electron chi connectivity index (χ2n) is 5.68. The molecule has 124 valence electrons. The van der Waals surface area contributed by atoms with Crippen LogP contribution in [0.25, 0.3) is 11.0 Å². The molecule has 0 aliphatic carbocycles. The number of halogens is 1. The van der Waals surface area contributed by atoms with Crippen LogP contribution in [0.2, 0.25) is 0 Å². The summed E-state index contributed by atoms with van der Waals surface area (Å²) in [6, 6.07) is 11.5. The van der Waals surface area contributed by atoms with Gasteiger partial charge in [0, 0.05) is 13.0 Å². The summed E-state index contributed by atoms with van der Waals surface area (Å²) in [6.45, 7) is 2.29. The normalized spacial score (nSPS) is 12.2. The number of imidazole rings is 1. The monoisotopic (exact) mass is 327 g/mol. The van der Waals surface area contributed by atoms with E-state index in [1.54, 1.807) is 19.3 Å². The zero-order valence-electron chi connectivity index (χ0n) is 13.2. The predicted octanol–water partition coefficient (Wildman–Crippen LogP) is 3.15. The van der Waals surface area contributed by atoms with Crippen molar-refractivity contribution in [2.75, 3.05) is 0 Å². The van der Waals surface area contributed by atoms with Crippen molar-refractivity contribution in [1.29, 1.82) is 0 Å². The maximum absolute atomic E-state index is 13.4. The molecule has 0 aliphatic heterocycles. The molecule has 1 amide bonds. The first-order valence-electron chi connectivity index (χ1n) is 7.72. The minimum absolute atomic E-state index is 0.131. The van der Waals surface area contributed by atoms with Crippen molar-refractivity contribution < 1.29 is 14.3 Å². The van der Waals surface area contributed by atoms with Crippen molar-refractivity contribution >= 4 is 16.9 Å². The molecule has 1 aromatic heterocycles. The van der Waals surface area contributed by atoms with Crippen molar-refractivity contribution in [3.8, 4) is 5.75 Å². The molecular weight excluding hydrogens is 309 g/mol. The van der Waals surface area contributed by atoms with Gasteiger partial charge in [0.25, 0.3) is 0 Å². The Balaban J connectivity index is 1.60. The van der Waals surface area contributed by atoms with E-state index in [1.165, 1.54) is 12.1 Å². The molecule has 3 aromatic rings. The topological polar surface area (TPSA) is 67.2 Å². The molecule has 24 heavy (non-hydrogen) atoms. The zero-order chi connectivity index (χ0) is 17.1. The molecule has 0 saturated heterocycles. The number of nitrogens with zero attached hydrogens (tertiary/aromatic N) is 2. The molecular formula is C18H18FN3O2. The molecule has 2 N–H and O–H groups in total. The summed E-state index contributed by atoms with van der Waals surface area (Å²) >= 11 is 0. The average Bonchev–Trinajstić information content (AvgIpc) is 2.98. The lowest BCUT2D eigenvalue weighted by Gasteiger charge is -2.15. The van der Waals surface area contributed by atoms with Gasteiger partial charge in [-0.15, -0.1) is 0 Å². The second-order valence-corrected chi connectivity index (χ2v) is 5.68. The molecule has 0 bridgehead atoms. The van der Waals surface area contributed by atoms with Crippen molar-refractivity contribution in [2.24, 2.45) is 0 Å². The highest BCUT2D eigenvalue weighted by molar-refractivity contribution is 5.77. The summed E-state index contributed by atoms with van der Waals surface area (Å²) in [7, 11) is 0. The standard InChI is InChI=1S/C18H18FN3O2/c1-12(13-6-7-17(23)14(19)10-13)21-18(24)8-9-22-11-20-15-4-2-3-5-16(15)22/h2-7,10-12,23H,8-9H2,1H3,(H,21,24)/t12-/m1/s1. The Morgan fingerprint density at radius 1 is 1.33 bits per heavy atom. The Bertz CT molecular complexity index is 876. The van der Waals surface area contributed by atoms with Crippen LogP contribution in [-0.2, 0) is 11.3 Å². The summed E-state index contributed by atoms with van der Waals surface area (Å²) < 4.78 is 15.3. The summed E-state index contributed by atoms with van der Waals surface area (Å²) in [5.74, 6) is -1.23. The van der Waals surface area contributed by atoms with Gasteiger partial charge in [-0.1, -0.05) is 18.2 Å². The fraction of sp³-hybridized carbons (Fsp3) is 0.222. The highest BCUT2D eigenvalue weighted by atomic mass is 19.1. The van der Waals surface area contributed by atoms with Gasteiger partial charge in [0.2, 0.25) is 5.91 Å². The Labute approximate surface area is 138 Å². The van der Waals surface area contributed by atoms with Crippen LogP contribution in [0.4, 0.5) is 4.39 Å². The fourth-order valence-corrected chi connectivity index (χ4v) is 2.60. The zero-order valence-corrected chi connectivity index (χ0v) is 13.2. The first kappa shape index (κ1) is 16.0. The van der Waals surface area contributed by atoms with Gasteiger partial charge in [0.15, 0.2) is 11.6 Å². The van der Waals surface area contributed by atoms with Crippen molar-refractivity contribution in [2.45, 2.75) is 25.9 Å². The quantitative estimate of drug-likeness (QED) is 0.756. The molecule has 0 unspecified atom stereocenters. The number of carbonyl (C=O) groups excluding carboxylic acids is 1. The van der Waals surface area contributed by atoms with Crippen LogP contribution in [0, 0.1) is 5.82 Å². The van der Waals surface area contributed by atoms with Crippen LogP contribution in [0.15, 0.2) is 48.8 Å². The predicted molar refractivity (Wildman–Crippen MR) is 89.0 cm³/mol. The summed E-state index contributed by atoms with van der Waals surface area (Å²) in [5, 5.41) is 12.0. The van der Waals surface area contributed by atoms with Gasteiger partial charge >= 0.3 is 0 Å².